The van der Waals surface area contributed by atoms with Gasteiger partial charge >= 0.3 is 0 Å². The number of nitrogens with one attached hydrogen (secondary N) is 2. The zero-order valence-corrected chi connectivity index (χ0v) is 14.9. The van der Waals surface area contributed by atoms with Crippen LogP contribution in [-0.2, 0) is 11.2 Å². The highest BCUT2D eigenvalue weighted by molar-refractivity contribution is 5.76. The van der Waals surface area contributed by atoms with E-state index in [0.717, 1.165) is 24.4 Å². The van der Waals surface area contributed by atoms with Crippen LogP contribution in [0.25, 0.3) is 11.0 Å². The van der Waals surface area contributed by atoms with Crippen LogP contribution in [0.2, 0.25) is 0 Å². The van der Waals surface area contributed by atoms with E-state index in [1.807, 2.05) is 0 Å². The molecule has 2 N–H and O–H groups in total. The molecule has 0 spiro atoms. The molecular formula is C19H27FN4O. The molecule has 0 saturated carbocycles. The van der Waals surface area contributed by atoms with Gasteiger partial charge in [0.05, 0.1) is 11.0 Å². The van der Waals surface area contributed by atoms with E-state index in [9.17, 15) is 9.18 Å². The van der Waals surface area contributed by atoms with Gasteiger partial charge in [-0.1, -0.05) is 12.8 Å². The zero-order valence-electron chi connectivity index (χ0n) is 14.9. The number of carbonyl (C=O) groups is 1. The van der Waals surface area contributed by atoms with Gasteiger partial charge in [0.2, 0.25) is 5.91 Å². The molecule has 0 aliphatic carbocycles. The van der Waals surface area contributed by atoms with Gasteiger partial charge in [-0.3, -0.25) is 4.79 Å². The maximum Gasteiger partial charge on any atom is 0.221 e. The highest BCUT2D eigenvalue weighted by atomic mass is 19.1. The molecule has 25 heavy (non-hydrogen) atoms. The van der Waals surface area contributed by atoms with Gasteiger partial charge in [0.25, 0.3) is 0 Å². The molecule has 3 rings (SSSR count). The Bertz CT molecular complexity index is 707. The number of amides is 1. The lowest BCUT2D eigenvalue weighted by Gasteiger charge is -2.27. The van der Waals surface area contributed by atoms with Crippen molar-refractivity contribution in [1.29, 1.82) is 0 Å². The van der Waals surface area contributed by atoms with Gasteiger partial charge in [0.15, 0.2) is 0 Å². The molecule has 1 fully saturated rings. The molecule has 1 saturated heterocycles. The predicted molar refractivity (Wildman–Crippen MR) is 96.9 cm³/mol. The molecule has 5 nitrogen and oxygen atoms in total. The van der Waals surface area contributed by atoms with E-state index in [0.29, 0.717) is 24.9 Å². The molecule has 6 heteroatoms. The van der Waals surface area contributed by atoms with Gasteiger partial charge in [0.1, 0.15) is 11.6 Å². The molecule has 1 atom stereocenters. The summed E-state index contributed by atoms with van der Waals surface area (Å²) in [5.41, 5.74) is 1.44. The number of carbonyl (C=O) groups excluding carboxylic acids is 1. The van der Waals surface area contributed by atoms with Crippen molar-refractivity contribution in [1.82, 2.24) is 20.2 Å². The Morgan fingerprint density at radius 2 is 2.08 bits per heavy atom. The van der Waals surface area contributed by atoms with E-state index in [4.69, 9.17) is 0 Å². The summed E-state index contributed by atoms with van der Waals surface area (Å²) in [6.45, 7) is 4.88. The summed E-state index contributed by atoms with van der Waals surface area (Å²) in [5, 5.41) is 2.97. The summed E-state index contributed by atoms with van der Waals surface area (Å²) in [5.74, 6) is 0.568. The number of benzene rings is 1. The topological polar surface area (TPSA) is 61.0 Å². The summed E-state index contributed by atoms with van der Waals surface area (Å²) in [6.07, 6.45) is 6.22. The number of aromatic amines is 1. The third-order valence-corrected chi connectivity index (χ3v) is 4.92. The van der Waals surface area contributed by atoms with Crippen molar-refractivity contribution in [3.63, 3.8) is 0 Å². The molecular weight excluding hydrogens is 319 g/mol. The number of halogens is 1. The molecule has 0 radical (unpaired) electrons. The van der Waals surface area contributed by atoms with Gasteiger partial charge in [-0.25, -0.2) is 9.37 Å². The molecule has 2 heterocycles. The van der Waals surface area contributed by atoms with E-state index < -0.39 is 0 Å². The van der Waals surface area contributed by atoms with Crippen molar-refractivity contribution in [2.75, 3.05) is 19.6 Å². The smallest absolute Gasteiger partial charge is 0.221 e. The van der Waals surface area contributed by atoms with Crippen LogP contribution in [0.1, 0.15) is 44.9 Å². The Hall–Kier alpha value is -1.95. The summed E-state index contributed by atoms with van der Waals surface area (Å²) >= 11 is 0. The minimum absolute atomic E-state index is 0.0823. The number of hydrogen-bond donors (Lipinski definition) is 2. The van der Waals surface area contributed by atoms with Crippen LogP contribution in [0.5, 0.6) is 0 Å². The van der Waals surface area contributed by atoms with E-state index >= 15 is 0 Å². The predicted octanol–water partition coefficient (Wildman–Crippen LogP) is 3.02. The van der Waals surface area contributed by atoms with Crippen molar-refractivity contribution in [3.05, 3.63) is 29.8 Å². The third-order valence-electron chi connectivity index (χ3n) is 4.92. The monoisotopic (exact) mass is 346 g/mol. The lowest BCUT2D eigenvalue weighted by Crippen LogP contribution is -2.38. The first-order chi connectivity index (χ1) is 12.1. The summed E-state index contributed by atoms with van der Waals surface area (Å²) < 4.78 is 13.2. The Morgan fingerprint density at radius 1 is 1.32 bits per heavy atom. The van der Waals surface area contributed by atoms with Crippen LogP contribution in [0.4, 0.5) is 4.39 Å². The molecule has 1 aromatic heterocycles. The van der Waals surface area contributed by atoms with Gasteiger partial charge in [-0.15, -0.1) is 0 Å². The molecule has 1 aliphatic rings. The molecule has 1 aliphatic heterocycles. The molecule has 1 amide bonds. The number of aromatic nitrogens is 2. The lowest BCUT2D eigenvalue weighted by atomic mass is 10.2. The normalized spacial score (nSPS) is 17.4. The Morgan fingerprint density at radius 3 is 2.84 bits per heavy atom. The van der Waals surface area contributed by atoms with E-state index in [2.05, 4.69) is 27.1 Å². The van der Waals surface area contributed by atoms with Crippen LogP contribution < -0.4 is 5.32 Å². The number of fused-ring (bicyclic) bond motifs is 1. The van der Waals surface area contributed by atoms with Crippen molar-refractivity contribution >= 4 is 16.9 Å². The zero-order chi connectivity index (χ0) is 17.6. The summed E-state index contributed by atoms with van der Waals surface area (Å²) in [7, 11) is 0. The minimum Gasteiger partial charge on any atom is -0.356 e. The second-order valence-electron chi connectivity index (χ2n) is 6.95. The molecule has 2 aromatic rings. The number of rotatable bonds is 6. The third kappa shape index (κ3) is 5.01. The SMILES string of the molecule is CC(CC(=O)NCCc1nc2ccc(F)cc2[nH]1)N1CCCCCC1. The second-order valence-corrected chi connectivity index (χ2v) is 6.95. The fourth-order valence-corrected chi connectivity index (χ4v) is 3.48. The minimum atomic E-state index is -0.279. The number of H-pyrrole nitrogens is 1. The van der Waals surface area contributed by atoms with Crippen molar-refractivity contribution < 1.29 is 9.18 Å². The Labute approximate surface area is 148 Å². The Kier molecular flexibility index (Phi) is 6.02. The molecule has 1 aromatic carbocycles. The van der Waals surface area contributed by atoms with E-state index in [1.165, 1.54) is 37.8 Å². The first-order valence-corrected chi connectivity index (χ1v) is 9.27. The fraction of sp³-hybridized carbons (Fsp3) is 0.579. The van der Waals surface area contributed by atoms with Crippen LogP contribution >= 0.6 is 0 Å². The fourth-order valence-electron chi connectivity index (χ4n) is 3.48. The number of hydrogen-bond acceptors (Lipinski definition) is 3. The van der Waals surface area contributed by atoms with Crippen molar-refractivity contribution in [2.45, 2.75) is 51.5 Å². The highest BCUT2D eigenvalue weighted by Gasteiger charge is 2.18. The summed E-state index contributed by atoms with van der Waals surface area (Å²) in [6, 6.07) is 4.78. The van der Waals surface area contributed by atoms with E-state index in [-0.39, 0.29) is 17.8 Å². The standard InChI is InChI=1S/C19H27FN4O/c1-14(24-10-4-2-3-5-11-24)12-19(25)21-9-8-18-22-16-7-6-15(20)13-17(16)23-18/h6-7,13-14H,2-5,8-12H2,1H3,(H,21,25)(H,22,23). The van der Waals surface area contributed by atoms with Crippen LogP contribution in [0.15, 0.2) is 18.2 Å². The van der Waals surface area contributed by atoms with Gasteiger partial charge in [-0.05, 0) is 51.1 Å². The van der Waals surface area contributed by atoms with Crippen molar-refractivity contribution in [2.24, 2.45) is 0 Å². The average molecular weight is 346 g/mol. The number of likely N-dealkylation sites (tertiary alicyclic amines) is 1. The average Bonchev–Trinajstić information content (AvgIpc) is 2.79. The number of imidazole rings is 1. The van der Waals surface area contributed by atoms with Crippen molar-refractivity contribution in [3.8, 4) is 0 Å². The van der Waals surface area contributed by atoms with Crippen LogP contribution in [0, 0.1) is 5.82 Å². The largest absolute Gasteiger partial charge is 0.356 e. The van der Waals surface area contributed by atoms with Crippen LogP contribution in [0.3, 0.4) is 0 Å². The quantitative estimate of drug-likeness (QED) is 0.845. The van der Waals surface area contributed by atoms with Crippen LogP contribution in [-0.4, -0.2) is 46.5 Å². The lowest BCUT2D eigenvalue weighted by molar-refractivity contribution is -0.122. The highest BCUT2D eigenvalue weighted by Crippen LogP contribution is 2.15. The number of nitrogens with zero attached hydrogens (tertiary/aromatic N) is 2. The second kappa shape index (κ2) is 8.43. The maximum absolute atomic E-state index is 13.2. The maximum atomic E-state index is 13.2. The van der Waals surface area contributed by atoms with Gasteiger partial charge in [-0.2, -0.15) is 0 Å². The van der Waals surface area contributed by atoms with Gasteiger partial charge < -0.3 is 15.2 Å². The van der Waals surface area contributed by atoms with Gasteiger partial charge in [0, 0.05) is 25.4 Å². The van der Waals surface area contributed by atoms with E-state index in [1.54, 1.807) is 6.07 Å². The summed E-state index contributed by atoms with van der Waals surface area (Å²) in [4.78, 5) is 22.1. The Balaban J connectivity index is 1.43. The first kappa shape index (κ1) is 17.9. The molecule has 1 unspecified atom stereocenters. The first-order valence-electron chi connectivity index (χ1n) is 9.27. The molecule has 0 bridgehead atoms. The molecule has 136 valence electrons.